The largest absolute Gasteiger partial charge is 0.416 e. The second-order valence-electron chi connectivity index (χ2n) is 4.70. The Morgan fingerprint density at radius 1 is 1.22 bits per heavy atom. The van der Waals surface area contributed by atoms with Crippen LogP contribution in [0.1, 0.15) is 24.0 Å². The summed E-state index contributed by atoms with van der Waals surface area (Å²) in [6.07, 6.45) is -2.40. The number of piperidine rings is 1. The van der Waals surface area contributed by atoms with Crippen LogP contribution in [0.25, 0.3) is 0 Å². The van der Waals surface area contributed by atoms with Crippen molar-refractivity contribution in [3.05, 3.63) is 29.3 Å². The summed E-state index contributed by atoms with van der Waals surface area (Å²) >= 11 is 0. The summed E-state index contributed by atoms with van der Waals surface area (Å²) in [5.41, 5.74) is 0.850. The maximum Gasteiger partial charge on any atom is 0.416 e. The number of nitrogens with one attached hydrogen (secondary N) is 2. The Morgan fingerprint density at radius 3 is 2.50 bits per heavy atom. The maximum atomic E-state index is 12.6. The summed E-state index contributed by atoms with van der Waals surface area (Å²) in [5.74, 6) is 0. The van der Waals surface area contributed by atoms with Crippen LogP contribution in [-0.4, -0.2) is 19.1 Å². The van der Waals surface area contributed by atoms with Gasteiger partial charge in [-0.2, -0.15) is 13.2 Å². The molecule has 2 N–H and O–H groups in total. The molecule has 100 valence electrons. The van der Waals surface area contributed by atoms with Crippen LogP contribution >= 0.6 is 0 Å². The molecule has 1 aromatic rings. The van der Waals surface area contributed by atoms with Crippen LogP contribution < -0.4 is 10.6 Å². The predicted octanol–water partition coefficient (Wildman–Crippen LogP) is 3.18. The fraction of sp³-hybridized carbons (Fsp3) is 0.538. The van der Waals surface area contributed by atoms with Crippen LogP contribution in [0, 0.1) is 6.92 Å². The van der Waals surface area contributed by atoms with Gasteiger partial charge in [0.05, 0.1) is 5.56 Å². The smallest absolute Gasteiger partial charge is 0.382 e. The highest BCUT2D eigenvalue weighted by Gasteiger charge is 2.31. The quantitative estimate of drug-likeness (QED) is 0.851. The number of benzene rings is 1. The molecule has 0 amide bonds. The minimum atomic E-state index is -4.28. The summed E-state index contributed by atoms with van der Waals surface area (Å²) < 4.78 is 37.9. The molecule has 0 spiro atoms. The second kappa shape index (κ2) is 5.18. The van der Waals surface area contributed by atoms with Crippen molar-refractivity contribution in [3.63, 3.8) is 0 Å². The molecule has 0 atom stereocenters. The second-order valence-corrected chi connectivity index (χ2v) is 4.70. The van der Waals surface area contributed by atoms with E-state index in [0.29, 0.717) is 5.69 Å². The van der Waals surface area contributed by atoms with E-state index < -0.39 is 11.7 Å². The van der Waals surface area contributed by atoms with Crippen molar-refractivity contribution in [2.45, 2.75) is 32.0 Å². The minimum absolute atomic E-state index is 0.258. The first-order valence-electron chi connectivity index (χ1n) is 6.12. The average Bonchev–Trinajstić information content (AvgIpc) is 2.32. The molecule has 0 bridgehead atoms. The molecule has 0 radical (unpaired) electrons. The van der Waals surface area contributed by atoms with Gasteiger partial charge in [-0.05, 0) is 50.6 Å². The number of rotatable bonds is 2. The van der Waals surface area contributed by atoms with Gasteiger partial charge >= 0.3 is 6.18 Å². The van der Waals surface area contributed by atoms with Crippen molar-refractivity contribution in [1.29, 1.82) is 0 Å². The lowest BCUT2D eigenvalue weighted by Gasteiger charge is -2.26. The van der Waals surface area contributed by atoms with E-state index in [4.69, 9.17) is 0 Å². The van der Waals surface area contributed by atoms with Gasteiger partial charge in [-0.1, -0.05) is 6.07 Å². The van der Waals surface area contributed by atoms with Gasteiger partial charge in [0.15, 0.2) is 0 Å². The molecule has 0 unspecified atom stereocenters. The SMILES string of the molecule is Cc1ccc(C(F)(F)F)cc1NC1CCNCC1. The topological polar surface area (TPSA) is 24.1 Å². The van der Waals surface area contributed by atoms with Gasteiger partial charge in [-0.25, -0.2) is 0 Å². The molecule has 1 heterocycles. The Labute approximate surface area is 105 Å². The van der Waals surface area contributed by atoms with E-state index in [1.807, 2.05) is 6.92 Å². The molecule has 1 saturated heterocycles. The molecule has 0 saturated carbocycles. The van der Waals surface area contributed by atoms with Gasteiger partial charge in [0.25, 0.3) is 0 Å². The zero-order chi connectivity index (χ0) is 13.2. The Hall–Kier alpha value is -1.23. The monoisotopic (exact) mass is 258 g/mol. The maximum absolute atomic E-state index is 12.6. The number of anilines is 1. The van der Waals surface area contributed by atoms with Crippen molar-refractivity contribution < 1.29 is 13.2 Å². The van der Waals surface area contributed by atoms with Gasteiger partial charge < -0.3 is 10.6 Å². The molecular weight excluding hydrogens is 241 g/mol. The average molecular weight is 258 g/mol. The third-order valence-electron chi connectivity index (χ3n) is 3.26. The number of hydrogen-bond acceptors (Lipinski definition) is 2. The highest BCUT2D eigenvalue weighted by Crippen LogP contribution is 2.32. The first kappa shape index (κ1) is 13.2. The number of halogens is 3. The Morgan fingerprint density at radius 2 is 1.89 bits per heavy atom. The standard InChI is InChI=1S/C13H17F3N2/c1-9-2-3-10(13(14,15)16)8-12(9)18-11-4-6-17-7-5-11/h2-3,8,11,17-18H,4-7H2,1H3. The van der Waals surface area contributed by atoms with Crippen LogP contribution in [-0.2, 0) is 6.18 Å². The number of alkyl halides is 3. The van der Waals surface area contributed by atoms with Crippen LogP contribution in [0.2, 0.25) is 0 Å². The van der Waals surface area contributed by atoms with Crippen molar-refractivity contribution >= 4 is 5.69 Å². The molecule has 2 rings (SSSR count). The predicted molar refractivity (Wildman–Crippen MR) is 65.7 cm³/mol. The van der Waals surface area contributed by atoms with Crippen molar-refractivity contribution in [1.82, 2.24) is 5.32 Å². The molecule has 2 nitrogen and oxygen atoms in total. The van der Waals surface area contributed by atoms with Gasteiger partial charge in [-0.3, -0.25) is 0 Å². The normalized spacial score (nSPS) is 17.8. The van der Waals surface area contributed by atoms with Crippen LogP contribution in [0.3, 0.4) is 0 Å². The van der Waals surface area contributed by atoms with E-state index in [-0.39, 0.29) is 6.04 Å². The zero-order valence-electron chi connectivity index (χ0n) is 10.3. The van der Waals surface area contributed by atoms with E-state index in [2.05, 4.69) is 10.6 Å². The summed E-state index contributed by atoms with van der Waals surface area (Å²) in [4.78, 5) is 0. The minimum Gasteiger partial charge on any atom is -0.382 e. The van der Waals surface area contributed by atoms with E-state index in [9.17, 15) is 13.2 Å². The van der Waals surface area contributed by atoms with Crippen molar-refractivity contribution in [2.75, 3.05) is 18.4 Å². The lowest BCUT2D eigenvalue weighted by Crippen LogP contribution is -2.35. The third kappa shape index (κ3) is 3.16. The van der Waals surface area contributed by atoms with E-state index in [0.717, 1.165) is 37.6 Å². The Kier molecular flexibility index (Phi) is 3.80. The van der Waals surface area contributed by atoms with Crippen LogP contribution in [0.15, 0.2) is 18.2 Å². The lowest BCUT2D eigenvalue weighted by atomic mass is 10.0. The van der Waals surface area contributed by atoms with Crippen LogP contribution in [0.5, 0.6) is 0 Å². The van der Waals surface area contributed by atoms with Crippen molar-refractivity contribution in [2.24, 2.45) is 0 Å². The fourth-order valence-electron chi connectivity index (χ4n) is 2.14. The highest BCUT2D eigenvalue weighted by atomic mass is 19.4. The summed E-state index contributed by atoms with van der Waals surface area (Å²) in [6.45, 7) is 3.65. The molecule has 0 aliphatic carbocycles. The van der Waals surface area contributed by atoms with Crippen molar-refractivity contribution in [3.8, 4) is 0 Å². The molecule has 1 aliphatic heterocycles. The van der Waals surface area contributed by atoms with E-state index in [1.54, 1.807) is 0 Å². The summed E-state index contributed by atoms with van der Waals surface area (Å²) in [5, 5.41) is 6.45. The van der Waals surface area contributed by atoms with Gasteiger partial charge in [-0.15, -0.1) is 0 Å². The Balaban J connectivity index is 2.15. The molecule has 5 heteroatoms. The molecular formula is C13H17F3N2. The Bertz CT molecular complexity index is 409. The first-order chi connectivity index (χ1) is 8.47. The molecule has 1 aliphatic rings. The third-order valence-corrected chi connectivity index (χ3v) is 3.26. The van der Waals surface area contributed by atoms with Gasteiger partial charge in [0, 0.05) is 11.7 Å². The molecule has 0 aromatic heterocycles. The van der Waals surface area contributed by atoms with Gasteiger partial charge in [0.2, 0.25) is 0 Å². The number of aryl methyl sites for hydroxylation is 1. The summed E-state index contributed by atoms with van der Waals surface area (Å²) in [7, 11) is 0. The fourth-order valence-corrected chi connectivity index (χ4v) is 2.14. The van der Waals surface area contributed by atoms with Gasteiger partial charge in [0.1, 0.15) is 0 Å². The highest BCUT2D eigenvalue weighted by molar-refractivity contribution is 5.54. The molecule has 1 fully saturated rings. The lowest BCUT2D eigenvalue weighted by molar-refractivity contribution is -0.137. The number of hydrogen-bond donors (Lipinski definition) is 2. The van der Waals surface area contributed by atoms with Crippen LogP contribution in [0.4, 0.5) is 18.9 Å². The zero-order valence-corrected chi connectivity index (χ0v) is 10.3. The molecule has 1 aromatic carbocycles. The van der Waals surface area contributed by atoms with E-state index in [1.165, 1.54) is 12.1 Å². The summed E-state index contributed by atoms with van der Waals surface area (Å²) in [6, 6.07) is 4.11. The first-order valence-corrected chi connectivity index (χ1v) is 6.12. The molecule has 18 heavy (non-hydrogen) atoms. The van der Waals surface area contributed by atoms with E-state index >= 15 is 0 Å².